The Balaban J connectivity index is 1.73. The number of hydrogen-bond donors (Lipinski definition) is 0. The van der Waals surface area contributed by atoms with Crippen LogP contribution >= 0.6 is 15.9 Å². The molecule has 3 aromatic rings. The molecule has 0 radical (unpaired) electrons. The Labute approximate surface area is 170 Å². The van der Waals surface area contributed by atoms with Gasteiger partial charge in [-0.25, -0.2) is 0 Å². The predicted molar refractivity (Wildman–Crippen MR) is 117 cm³/mol. The summed E-state index contributed by atoms with van der Waals surface area (Å²) in [5.41, 5.74) is 5.76. The van der Waals surface area contributed by atoms with E-state index < -0.39 is 0 Å². The average Bonchev–Trinajstić information content (AvgIpc) is 3.01. The Bertz CT molecular complexity index is 905. The van der Waals surface area contributed by atoms with Crippen molar-refractivity contribution >= 4 is 22.0 Å². The second-order valence-corrected chi connectivity index (χ2v) is 8.37. The second kappa shape index (κ2) is 8.71. The highest BCUT2D eigenvalue weighted by atomic mass is 79.9. The molecule has 2 aromatic carbocycles. The molecule has 0 aliphatic heterocycles. The number of aromatic nitrogens is 1. The minimum Gasteiger partial charge on any atom is -0.355 e. The topological polar surface area (TPSA) is 26.0 Å². The summed E-state index contributed by atoms with van der Waals surface area (Å²) in [4.78, 5) is 0. The third-order valence-corrected chi connectivity index (χ3v) is 5.34. The summed E-state index contributed by atoms with van der Waals surface area (Å²) >= 11 is 3.48. The molecule has 0 amide bonds. The van der Waals surface area contributed by atoms with Gasteiger partial charge < -0.3 is 4.52 Å². The summed E-state index contributed by atoms with van der Waals surface area (Å²) in [5, 5.41) is 4.17. The number of benzene rings is 2. The van der Waals surface area contributed by atoms with Gasteiger partial charge in [-0.2, -0.15) is 0 Å². The third kappa shape index (κ3) is 4.98. The SMILES string of the molecule is Cc1noc(-c2ccc(Br)cc2)c1C=CC(C)Cc1ccc(C(C)C)cc1. The van der Waals surface area contributed by atoms with Crippen molar-refractivity contribution in [1.82, 2.24) is 5.16 Å². The van der Waals surface area contributed by atoms with Crippen molar-refractivity contribution in [2.45, 2.75) is 40.0 Å². The lowest BCUT2D eigenvalue weighted by atomic mass is 9.96. The lowest BCUT2D eigenvalue weighted by Gasteiger charge is -2.09. The van der Waals surface area contributed by atoms with Crippen molar-refractivity contribution in [3.63, 3.8) is 0 Å². The summed E-state index contributed by atoms with van der Waals surface area (Å²) in [6.45, 7) is 8.69. The smallest absolute Gasteiger partial charge is 0.174 e. The van der Waals surface area contributed by atoms with Crippen molar-refractivity contribution < 1.29 is 4.52 Å². The van der Waals surface area contributed by atoms with E-state index in [1.165, 1.54) is 11.1 Å². The zero-order valence-electron chi connectivity index (χ0n) is 16.4. The predicted octanol–water partition coefficient (Wildman–Crippen LogP) is 7.43. The summed E-state index contributed by atoms with van der Waals surface area (Å²) < 4.78 is 6.64. The molecule has 0 saturated heterocycles. The van der Waals surface area contributed by atoms with Crippen LogP contribution in [-0.4, -0.2) is 5.16 Å². The van der Waals surface area contributed by atoms with E-state index in [0.717, 1.165) is 33.5 Å². The maximum atomic E-state index is 5.59. The Morgan fingerprint density at radius 2 is 1.67 bits per heavy atom. The van der Waals surface area contributed by atoms with Crippen LogP contribution in [0.1, 0.15) is 49.1 Å². The van der Waals surface area contributed by atoms with Gasteiger partial charge in [-0.1, -0.05) is 78.3 Å². The largest absolute Gasteiger partial charge is 0.355 e. The highest BCUT2D eigenvalue weighted by Gasteiger charge is 2.13. The van der Waals surface area contributed by atoms with Gasteiger partial charge in [0.25, 0.3) is 0 Å². The number of rotatable bonds is 6. The number of aryl methyl sites for hydroxylation is 1. The van der Waals surface area contributed by atoms with Crippen molar-refractivity contribution in [3.8, 4) is 11.3 Å². The zero-order chi connectivity index (χ0) is 19.4. The molecule has 0 saturated carbocycles. The molecule has 0 N–H and O–H groups in total. The van der Waals surface area contributed by atoms with E-state index >= 15 is 0 Å². The molecule has 27 heavy (non-hydrogen) atoms. The van der Waals surface area contributed by atoms with E-state index in [-0.39, 0.29) is 0 Å². The van der Waals surface area contributed by atoms with Crippen LogP contribution in [0.2, 0.25) is 0 Å². The van der Waals surface area contributed by atoms with Crippen LogP contribution in [0.15, 0.2) is 63.6 Å². The van der Waals surface area contributed by atoms with Crippen molar-refractivity contribution in [3.05, 3.63) is 81.5 Å². The molecule has 1 heterocycles. The van der Waals surface area contributed by atoms with Gasteiger partial charge in [-0.05, 0) is 60.6 Å². The fraction of sp³-hybridized carbons (Fsp3) is 0.292. The first-order valence-corrected chi connectivity index (χ1v) is 10.2. The number of allylic oxidation sites excluding steroid dienone is 1. The van der Waals surface area contributed by atoms with Gasteiger partial charge >= 0.3 is 0 Å². The van der Waals surface area contributed by atoms with Gasteiger partial charge in [0.1, 0.15) is 0 Å². The normalized spacial score (nSPS) is 12.8. The molecule has 0 spiro atoms. The fourth-order valence-electron chi connectivity index (χ4n) is 3.12. The van der Waals surface area contributed by atoms with Gasteiger partial charge in [0.15, 0.2) is 5.76 Å². The highest BCUT2D eigenvalue weighted by Crippen LogP contribution is 2.29. The lowest BCUT2D eigenvalue weighted by molar-refractivity contribution is 0.427. The second-order valence-electron chi connectivity index (χ2n) is 7.45. The van der Waals surface area contributed by atoms with Crippen LogP contribution < -0.4 is 0 Å². The van der Waals surface area contributed by atoms with Crippen LogP contribution in [0.25, 0.3) is 17.4 Å². The molecular formula is C24H26BrNO. The van der Waals surface area contributed by atoms with Gasteiger partial charge in [0.2, 0.25) is 0 Å². The Morgan fingerprint density at radius 3 is 2.30 bits per heavy atom. The molecule has 1 unspecified atom stereocenters. The van der Waals surface area contributed by atoms with E-state index in [0.29, 0.717) is 11.8 Å². The molecule has 0 fully saturated rings. The minimum absolute atomic E-state index is 0.432. The first kappa shape index (κ1) is 19.6. The first-order chi connectivity index (χ1) is 12.9. The number of hydrogen-bond acceptors (Lipinski definition) is 2. The van der Waals surface area contributed by atoms with Crippen LogP contribution in [0, 0.1) is 12.8 Å². The molecular weight excluding hydrogens is 398 g/mol. The first-order valence-electron chi connectivity index (χ1n) is 9.43. The van der Waals surface area contributed by atoms with E-state index in [4.69, 9.17) is 4.52 Å². The Hall–Kier alpha value is -2.13. The Morgan fingerprint density at radius 1 is 1.00 bits per heavy atom. The summed E-state index contributed by atoms with van der Waals surface area (Å²) in [5.74, 6) is 1.83. The van der Waals surface area contributed by atoms with Crippen LogP contribution in [0.5, 0.6) is 0 Å². The van der Waals surface area contributed by atoms with Crippen molar-refractivity contribution in [2.75, 3.05) is 0 Å². The van der Waals surface area contributed by atoms with E-state index in [1.54, 1.807) is 0 Å². The highest BCUT2D eigenvalue weighted by molar-refractivity contribution is 9.10. The van der Waals surface area contributed by atoms with E-state index in [2.05, 4.69) is 78.3 Å². The standard InChI is InChI=1S/C24H26BrNO/c1-16(2)20-8-6-19(7-9-20)15-17(3)5-14-23-18(4)26-27-24(23)21-10-12-22(25)13-11-21/h5-14,16-17H,15H2,1-4H3. The van der Waals surface area contributed by atoms with Gasteiger partial charge in [0.05, 0.1) is 5.69 Å². The van der Waals surface area contributed by atoms with Crippen molar-refractivity contribution in [2.24, 2.45) is 5.92 Å². The molecule has 3 rings (SSSR count). The summed E-state index contributed by atoms with van der Waals surface area (Å²) in [6.07, 6.45) is 5.42. The van der Waals surface area contributed by atoms with E-state index in [9.17, 15) is 0 Å². The minimum atomic E-state index is 0.432. The molecule has 0 aliphatic carbocycles. The summed E-state index contributed by atoms with van der Waals surface area (Å²) in [7, 11) is 0. The maximum Gasteiger partial charge on any atom is 0.174 e. The number of halogens is 1. The number of nitrogens with zero attached hydrogens (tertiary/aromatic N) is 1. The Kier molecular flexibility index (Phi) is 6.33. The van der Waals surface area contributed by atoms with E-state index in [1.807, 2.05) is 31.2 Å². The monoisotopic (exact) mass is 423 g/mol. The molecule has 0 aliphatic rings. The van der Waals surface area contributed by atoms with Gasteiger partial charge in [-0.15, -0.1) is 0 Å². The quantitative estimate of drug-likeness (QED) is 0.411. The molecule has 0 bridgehead atoms. The lowest BCUT2D eigenvalue weighted by Crippen LogP contribution is -1.97. The average molecular weight is 424 g/mol. The summed E-state index contributed by atoms with van der Waals surface area (Å²) in [6, 6.07) is 17.1. The fourth-order valence-corrected chi connectivity index (χ4v) is 3.39. The zero-order valence-corrected chi connectivity index (χ0v) is 18.0. The van der Waals surface area contributed by atoms with Gasteiger partial charge in [-0.3, -0.25) is 0 Å². The van der Waals surface area contributed by atoms with Crippen molar-refractivity contribution in [1.29, 1.82) is 0 Å². The molecule has 1 atom stereocenters. The molecule has 140 valence electrons. The molecule has 2 nitrogen and oxygen atoms in total. The third-order valence-electron chi connectivity index (χ3n) is 4.81. The molecule has 1 aromatic heterocycles. The van der Waals surface area contributed by atoms with Gasteiger partial charge in [0, 0.05) is 15.6 Å². The van der Waals surface area contributed by atoms with Crippen LogP contribution in [-0.2, 0) is 6.42 Å². The van der Waals surface area contributed by atoms with Crippen LogP contribution in [0.3, 0.4) is 0 Å². The maximum absolute atomic E-state index is 5.59. The van der Waals surface area contributed by atoms with Crippen LogP contribution in [0.4, 0.5) is 0 Å². The molecule has 3 heteroatoms.